The molecule has 2 aromatic carbocycles. The van der Waals surface area contributed by atoms with Crippen molar-refractivity contribution in [1.82, 2.24) is 10.6 Å². The van der Waals surface area contributed by atoms with Crippen molar-refractivity contribution in [1.29, 1.82) is 0 Å². The Morgan fingerprint density at radius 1 is 1.00 bits per heavy atom. The van der Waals surface area contributed by atoms with Gasteiger partial charge in [-0.25, -0.2) is 0 Å². The quantitative estimate of drug-likeness (QED) is 0.681. The molecule has 0 fully saturated rings. The Balaban J connectivity index is 1.73. The molecule has 0 aliphatic carbocycles. The van der Waals surface area contributed by atoms with Gasteiger partial charge in [-0.15, -0.1) is 11.3 Å². The minimum Gasteiger partial charge on any atom is -0.349 e. The number of amides is 2. The number of carbonyl (C=O) groups excluding carboxylic acids is 2. The fourth-order valence-corrected chi connectivity index (χ4v) is 3.93. The van der Waals surface area contributed by atoms with Crippen LogP contribution in [-0.2, 0) is 9.59 Å². The molecule has 134 valence electrons. The largest absolute Gasteiger partial charge is 0.349 e. The maximum Gasteiger partial charge on any atom is 0.222 e. The van der Waals surface area contributed by atoms with Crippen molar-refractivity contribution in [2.75, 3.05) is 0 Å². The first kappa shape index (κ1) is 18.1. The Morgan fingerprint density at radius 3 is 2.50 bits per heavy atom. The highest BCUT2D eigenvalue weighted by atomic mass is 32.1. The van der Waals surface area contributed by atoms with Gasteiger partial charge in [0.25, 0.3) is 0 Å². The van der Waals surface area contributed by atoms with Crippen molar-refractivity contribution < 1.29 is 9.59 Å². The Kier molecular flexibility index (Phi) is 5.68. The van der Waals surface area contributed by atoms with E-state index in [4.69, 9.17) is 0 Å². The van der Waals surface area contributed by atoms with E-state index in [1.807, 2.05) is 48.7 Å². The topological polar surface area (TPSA) is 58.2 Å². The number of benzene rings is 2. The highest BCUT2D eigenvalue weighted by molar-refractivity contribution is 7.10. The molecule has 0 saturated heterocycles. The van der Waals surface area contributed by atoms with Crippen LogP contribution in [0.4, 0.5) is 0 Å². The lowest BCUT2D eigenvalue weighted by Crippen LogP contribution is -2.33. The summed E-state index contributed by atoms with van der Waals surface area (Å²) in [5.41, 5.74) is 1.09. The predicted octanol–water partition coefficient (Wildman–Crippen LogP) is 4.35. The fraction of sp³-hybridized carbons (Fsp3) is 0.238. The van der Waals surface area contributed by atoms with Crippen LogP contribution in [-0.4, -0.2) is 11.8 Å². The Hall–Kier alpha value is -2.66. The van der Waals surface area contributed by atoms with Crippen molar-refractivity contribution in [3.05, 3.63) is 70.4 Å². The first-order valence-corrected chi connectivity index (χ1v) is 9.50. The molecular weight excluding hydrogens is 344 g/mol. The van der Waals surface area contributed by atoms with Crippen molar-refractivity contribution in [3.63, 3.8) is 0 Å². The fourth-order valence-electron chi connectivity index (χ4n) is 3.15. The molecule has 0 saturated carbocycles. The van der Waals surface area contributed by atoms with E-state index in [0.717, 1.165) is 21.2 Å². The summed E-state index contributed by atoms with van der Waals surface area (Å²) in [5, 5.41) is 10.2. The third-order valence-electron chi connectivity index (χ3n) is 4.32. The monoisotopic (exact) mass is 366 g/mol. The van der Waals surface area contributed by atoms with Crippen molar-refractivity contribution in [2.24, 2.45) is 0 Å². The molecule has 26 heavy (non-hydrogen) atoms. The van der Waals surface area contributed by atoms with Gasteiger partial charge in [-0.1, -0.05) is 48.5 Å². The summed E-state index contributed by atoms with van der Waals surface area (Å²) in [6.45, 7) is 3.45. The van der Waals surface area contributed by atoms with E-state index in [1.165, 1.54) is 18.3 Å². The number of thiophene rings is 1. The second-order valence-corrected chi connectivity index (χ2v) is 7.31. The molecule has 1 aromatic heterocycles. The van der Waals surface area contributed by atoms with E-state index < -0.39 is 0 Å². The average molecular weight is 366 g/mol. The highest BCUT2D eigenvalue weighted by Crippen LogP contribution is 2.25. The zero-order chi connectivity index (χ0) is 18.5. The minimum atomic E-state index is -0.299. The van der Waals surface area contributed by atoms with E-state index in [1.54, 1.807) is 0 Å². The van der Waals surface area contributed by atoms with Crippen LogP contribution in [0, 0.1) is 0 Å². The SMILES string of the molecule is CC(=O)NC(CC(=O)NC(C)c1cccc2ccccc12)c1cccs1. The maximum atomic E-state index is 12.6. The van der Waals surface area contributed by atoms with Gasteiger partial charge in [-0.2, -0.15) is 0 Å². The number of fused-ring (bicyclic) bond motifs is 1. The summed E-state index contributed by atoms with van der Waals surface area (Å²) in [6, 6.07) is 17.7. The molecule has 2 unspecified atom stereocenters. The second-order valence-electron chi connectivity index (χ2n) is 6.33. The summed E-state index contributed by atoms with van der Waals surface area (Å²) in [7, 11) is 0. The lowest BCUT2D eigenvalue weighted by molar-refractivity contribution is -0.123. The van der Waals surface area contributed by atoms with Gasteiger partial charge in [-0.05, 0) is 34.7 Å². The van der Waals surface area contributed by atoms with Gasteiger partial charge in [-0.3, -0.25) is 9.59 Å². The van der Waals surface area contributed by atoms with Crippen LogP contribution in [0.1, 0.15) is 42.8 Å². The molecule has 3 rings (SSSR count). The number of nitrogens with one attached hydrogen (secondary N) is 2. The van der Waals surface area contributed by atoms with E-state index in [2.05, 4.69) is 28.8 Å². The van der Waals surface area contributed by atoms with Gasteiger partial charge in [0.05, 0.1) is 18.5 Å². The zero-order valence-electron chi connectivity index (χ0n) is 14.9. The van der Waals surface area contributed by atoms with Crippen molar-refractivity contribution in [3.8, 4) is 0 Å². The van der Waals surface area contributed by atoms with Crippen molar-refractivity contribution >= 4 is 33.9 Å². The molecule has 0 aliphatic rings. The van der Waals surface area contributed by atoms with Crippen LogP contribution >= 0.6 is 11.3 Å². The normalized spacial score (nSPS) is 13.2. The van der Waals surface area contributed by atoms with Crippen LogP contribution in [0.5, 0.6) is 0 Å². The first-order valence-electron chi connectivity index (χ1n) is 8.62. The third-order valence-corrected chi connectivity index (χ3v) is 5.31. The number of rotatable bonds is 6. The van der Waals surface area contributed by atoms with Gasteiger partial charge in [0, 0.05) is 11.8 Å². The lowest BCUT2D eigenvalue weighted by atomic mass is 9.99. The molecule has 0 radical (unpaired) electrons. The molecule has 0 aliphatic heterocycles. The van der Waals surface area contributed by atoms with Gasteiger partial charge in [0.2, 0.25) is 11.8 Å². The summed E-state index contributed by atoms with van der Waals surface area (Å²) >= 11 is 1.54. The van der Waals surface area contributed by atoms with Gasteiger partial charge in [0.15, 0.2) is 0 Å². The molecule has 1 heterocycles. The molecule has 0 spiro atoms. The van der Waals surface area contributed by atoms with E-state index >= 15 is 0 Å². The van der Waals surface area contributed by atoms with Crippen LogP contribution < -0.4 is 10.6 Å². The van der Waals surface area contributed by atoms with Crippen LogP contribution in [0.15, 0.2) is 60.0 Å². The molecule has 2 N–H and O–H groups in total. The highest BCUT2D eigenvalue weighted by Gasteiger charge is 2.20. The number of hydrogen-bond acceptors (Lipinski definition) is 3. The number of hydrogen-bond donors (Lipinski definition) is 2. The molecule has 0 bridgehead atoms. The minimum absolute atomic E-state index is 0.0856. The van der Waals surface area contributed by atoms with Gasteiger partial charge in [0.1, 0.15) is 0 Å². The molecule has 4 nitrogen and oxygen atoms in total. The van der Waals surface area contributed by atoms with E-state index in [0.29, 0.717) is 0 Å². The van der Waals surface area contributed by atoms with E-state index in [9.17, 15) is 9.59 Å². The molecule has 3 aromatic rings. The predicted molar refractivity (Wildman–Crippen MR) is 106 cm³/mol. The maximum absolute atomic E-state index is 12.6. The van der Waals surface area contributed by atoms with Crippen LogP contribution in [0.2, 0.25) is 0 Å². The summed E-state index contributed by atoms with van der Waals surface area (Å²) < 4.78 is 0. The van der Waals surface area contributed by atoms with Crippen LogP contribution in [0.25, 0.3) is 10.8 Å². The molecule has 2 amide bonds. The summed E-state index contributed by atoms with van der Waals surface area (Å²) in [5.74, 6) is -0.226. The van der Waals surface area contributed by atoms with Crippen molar-refractivity contribution in [2.45, 2.75) is 32.4 Å². The van der Waals surface area contributed by atoms with Gasteiger partial charge < -0.3 is 10.6 Å². The number of carbonyl (C=O) groups is 2. The second kappa shape index (κ2) is 8.15. The first-order chi connectivity index (χ1) is 12.5. The zero-order valence-corrected chi connectivity index (χ0v) is 15.7. The Morgan fingerprint density at radius 2 is 1.77 bits per heavy atom. The molecule has 5 heteroatoms. The third kappa shape index (κ3) is 4.29. The van der Waals surface area contributed by atoms with E-state index in [-0.39, 0.29) is 30.3 Å². The summed E-state index contributed by atoms with van der Waals surface area (Å²) in [4.78, 5) is 25.1. The molecular formula is C21H22N2O2S. The Labute approximate surface area is 157 Å². The van der Waals surface area contributed by atoms with Gasteiger partial charge >= 0.3 is 0 Å². The standard InChI is InChI=1S/C21H22N2O2S/c1-14(17-10-5-8-16-7-3-4-9-18(16)17)22-21(25)13-19(23-15(2)24)20-11-6-12-26-20/h3-12,14,19H,13H2,1-2H3,(H,22,25)(H,23,24). The average Bonchev–Trinajstić information content (AvgIpc) is 3.14. The van der Waals surface area contributed by atoms with Crippen LogP contribution in [0.3, 0.4) is 0 Å². The smallest absolute Gasteiger partial charge is 0.222 e. The summed E-state index contributed by atoms with van der Waals surface area (Å²) in [6.07, 6.45) is 0.217. The Bertz CT molecular complexity index is 900. The lowest BCUT2D eigenvalue weighted by Gasteiger charge is -2.20. The molecule has 2 atom stereocenters.